The lowest BCUT2D eigenvalue weighted by molar-refractivity contribution is 0.00299. The van der Waals surface area contributed by atoms with Crippen LogP contribution in [0.3, 0.4) is 0 Å². The van der Waals surface area contributed by atoms with E-state index in [9.17, 15) is 13.3 Å². The van der Waals surface area contributed by atoms with E-state index < -0.39 is 20.4 Å². The van der Waals surface area contributed by atoms with Gasteiger partial charge in [0.05, 0.1) is 13.2 Å². The van der Waals surface area contributed by atoms with Gasteiger partial charge in [0.2, 0.25) is 0 Å². The smallest absolute Gasteiger partial charge is 0.287 e. The summed E-state index contributed by atoms with van der Waals surface area (Å²) < 4.78 is 53.6. The molecule has 0 radical (unpaired) electrons. The Balaban J connectivity index is 2.97. The molecular weight excluding hydrogens is 313 g/mol. The maximum atomic E-state index is 13.3. The maximum absolute atomic E-state index is 13.3. The third kappa shape index (κ3) is 5.97. The van der Waals surface area contributed by atoms with Crippen LogP contribution in [0.4, 0.5) is 8.78 Å². The van der Waals surface area contributed by atoms with Crippen molar-refractivity contribution in [1.29, 1.82) is 0 Å². The molecular formula is C15H21F2O4P. The summed E-state index contributed by atoms with van der Waals surface area (Å²) >= 11 is 0. The van der Waals surface area contributed by atoms with E-state index in [1.165, 1.54) is 6.92 Å². The van der Waals surface area contributed by atoms with E-state index >= 15 is 0 Å². The van der Waals surface area contributed by atoms with E-state index in [1.54, 1.807) is 44.2 Å². The van der Waals surface area contributed by atoms with Gasteiger partial charge in [0.1, 0.15) is 0 Å². The quantitative estimate of drug-likeness (QED) is 0.601. The summed E-state index contributed by atoms with van der Waals surface area (Å²) in [6.45, 7) is 4.73. The van der Waals surface area contributed by atoms with Crippen LogP contribution in [0.15, 0.2) is 35.9 Å². The van der Waals surface area contributed by atoms with Crippen LogP contribution in [0.2, 0.25) is 0 Å². The van der Waals surface area contributed by atoms with Crippen molar-refractivity contribution < 1.29 is 26.9 Å². The monoisotopic (exact) mass is 334 g/mol. The number of benzene rings is 1. The second kappa shape index (κ2) is 9.16. The first-order valence-corrected chi connectivity index (χ1v) is 8.46. The minimum absolute atomic E-state index is 0.0364. The highest BCUT2D eigenvalue weighted by atomic mass is 31.2. The van der Waals surface area contributed by atoms with Crippen LogP contribution in [0.25, 0.3) is 6.08 Å². The van der Waals surface area contributed by atoms with Crippen molar-refractivity contribution >= 4 is 13.9 Å². The number of hydrogen-bond acceptors (Lipinski definition) is 4. The van der Waals surface area contributed by atoms with Crippen LogP contribution in [-0.4, -0.2) is 25.7 Å². The zero-order valence-corrected chi connectivity index (χ0v) is 13.8. The van der Waals surface area contributed by atoms with Gasteiger partial charge < -0.3 is 0 Å². The zero-order valence-electron chi connectivity index (χ0n) is 12.9. The van der Waals surface area contributed by atoms with Crippen molar-refractivity contribution in [3.63, 3.8) is 0 Å². The lowest BCUT2D eigenvalue weighted by Gasteiger charge is -2.23. The Kier molecular flexibility index (Phi) is 7.90. The summed E-state index contributed by atoms with van der Waals surface area (Å²) in [5.74, 6) is 0. The van der Waals surface area contributed by atoms with E-state index in [1.807, 2.05) is 6.07 Å². The van der Waals surface area contributed by atoms with Crippen LogP contribution >= 0.6 is 7.82 Å². The molecule has 1 aromatic rings. The van der Waals surface area contributed by atoms with Crippen molar-refractivity contribution in [2.45, 2.75) is 33.3 Å². The molecule has 0 spiro atoms. The summed E-state index contributed by atoms with van der Waals surface area (Å²) in [5.41, 5.74) is 0.984. The first-order chi connectivity index (χ1) is 10.4. The molecule has 0 aliphatic carbocycles. The van der Waals surface area contributed by atoms with Gasteiger partial charge in [-0.1, -0.05) is 36.4 Å². The standard InChI is InChI=1S/C15H21F2O4P/c1-4-19-22(18,20-5-2)21-14(15(16)17)12(3)11-13-9-7-6-8-10-13/h6-11,14-15H,4-5H2,1-3H3/b12-11+. The van der Waals surface area contributed by atoms with Crippen LogP contribution in [-0.2, 0) is 18.1 Å². The Morgan fingerprint density at radius 1 is 1.18 bits per heavy atom. The summed E-state index contributed by atoms with van der Waals surface area (Å²) in [5, 5.41) is 0. The predicted octanol–water partition coefficient (Wildman–Crippen LogP) is 4.92. The van der Waals surface area contributed by atoms with Gasteiger partial charge >= 0.3 is 7.82 Å². The molecule has 0 saturated carbocycles. The Morgan fingerprint density at radius 2 is 1.73 bits per heavy atom. The Labute approximate surface area is 129 Å². The molecule has 22 heavy (non-hydrogen) atoms. The van der Waals surface area contributed by atoms with E-state index in [0.717, 1.165) is 5.56 Å². The van der Waals surface area contributed by atoms with Gasteiger partial charge in [-0.05, 0) is 31.9 Å². The molecule has 0 fully saturated rings. The predicted molar refractivity (Wildman–Crippen MR) is 81.8 cm³/mol. The highest BCUT2D eigenvalue weighted by molar-refractivity contribution is 7.48. The molecule has 7 heteroatoms. The van der Waals surface area contributed by atoms with Crippen LogP contribution < -0.4 is 0 Å². The molecule has 0 bridgehead atoms. The van der Waals surface area contributed by atoms with Crippen LogP contribution in [0.5, 0.6) is 0 Å². The zero-order chi connectivity index (χ0) is 16.6. The summed E-state index contributed by atoms with van der Waals surface area (Å²) in [6, 6.07) is 8.96. The molecule has 1 atom stereocenters. The van der Waals surface area contributed by atoms with Gasteiger partial charge in [0.15, 0.2) is 6.10 Å². The molecule has 0 saturated heterocycles. The third-order valence-electron chi connectivity index (χ3n) is 2.69. The normalized spacial score (nSPS) is 14.4. The second-order valence-corrected chi connectivity index (χ2v) is 6.06. The maximum Gasteiger partial charge on any atom is 0.475 e. The lowest BCUT2D eigenvalue weighted by atomic mass is 10.1. The average molecular weight is 334 g/mol. The van der Waals surface area contributed by atoms with Gasteiger partial charge in [0.25, 0.3) is 6.43 Å². The molecule has 1 unspecified atom stereocenters. The molecule has 0 N–H and O–H groups in total. The van der Waals surface area contributed by atoms with Gasteiger partial charge in [-0.2, -0.15) is 0 Å². The van der Waals surface area contributed by atoms with Gasteiger partial charge in [-0.3, -0.25) is 13.6 Å². The first-order valence-electron chi connectivity index (χ1n) is 7.00. The number of phosphoric acid groups is 1. The summed E-state index contributed by atoms with van der Waals surface area (Å²) in [7, 11) is -4.01. The molecule has 1 aromatic carbocycles. The first kappa shape index (κ1) is 19.0. The largest absolute Gasteiger partial charge is 0.475 e. The topological polar surface area (TPSA) is 44.8 Å². The van der Waals surface area contributed by atoms with Crippen molar-refractivity contribution in [3.8, 4) is 0 Å². The summed E-state index contributed by atoms with van der Waals surface area (Å²) in [6.07, 6.45) is -2.96. The van der Waals surface area contributed by atoms with E-state index in [0.29, 0.717) is 0 Å². The van der Waals surface area contributed by atoms with Crippen molar-refractivity contribution in [1.82, 2.24) is 0 Å². The van der Waals surface area contributed by atoms with E-state index in [-0.39, 0.29) is 18.8 Å². The fourth-order valence-electron chi connectivity index (χ4n) is 1.78. The number of halogens is 2. The Hall–Kier alpha value is -1.07. The highest BCUT2D eigenvalue weighted by Crippen LogP contribution is 2.51. The Morgan fingerprint density at radius 3 is 2.18 bits per heavy atom. The van der Waals surface area contributed by atoms with Crippen molar-refractivity contribution in [3.05, 3.63) is 41.5 Å². The number of alkyl halides is 2. The van der Waals surface area contributed by atoms with E-state index in [2.05, 4.69) is 0 Å². The highest BCUT2D eigenvalue weighted by Gasteiger charge is 2.35. The number of rotatable bonds is 9. The fourth-order valence-corrected chi connectivity index (χ4v) is 3.14. The molecule has 0 aliphatic heterocycles. The van der Waals surface area contributed by atoms with Crippen molar-refractivity contribution in [2.24, 2.45) is 0 Å². The summed E-state index contributed by atoms with van der Waals surface area (Å²) in [4.78, 5) is 0. The van der Waals surface area contributed by atoms with Gasteiger partial charge in [0, 0.05) is 0 Å². The number of hydrogen-bond donors (Lipinski definition) is 0. The average Bonchev–Trinajstić information content (AvgIpc) is 2.46. The molecule has 0 aromatic heterocycles. The lowest BCUT2D eigenvalue weighted by Crippen LogP contribution is -2.23. The molecule has 4 nitrogen and oxygen atoms in total. The minimum atomic E-state index is -4.01. The van der Waals surface area contributed by atoms with Gasteiger partial charge in [-0.25, -0.2) is 13.3 Å². The van der Waals surface area contributed by atoms with Crippen LogP contribution in [0, 0.1) is 0 Å². The minimum Gasteiger partial charge on any atom is -0.287 e. The SMILES string of the molecule is CCOP(=O)(OCC)OC(/C(C)=C/c1ccccc1)C(F)F. The van der Waals surface area contributed by atoms with Gasteiger partial charge in [-0.15, -0.1) is 0 Å². The van der Waals surface area contributed by atoms with Crippen LogP contribution in [0.1, 0.15) is 26.3 Å². The molecule has 0 aliphatic rings. The molecule has 124 valence electrons. The van der Waals surface area contributed by atoms with Crippen molar-refractivity contribution in [2.75, 3.05) is 13.2 Å². The molecule has 0 amide bonds. The Bertz CT molecular complexity index is 510. The third-order valence-corrected chi connectivity index (χ3v) is 4.32. The van der Waals surface area contributed by atoms with E-state index in [4.69, 9.17) is 13.6 Å². The molecule has 0 heterocycles. The fraction of sp³-hybridized carbons (Fsp3) is 0.467. The molecule has 1 rings (SSSR count). The second-order valence-electron chi connectivity index (χ2n) is 4.44. The number of phosphoric ester groups is 1.